The van der Waals surface area contributed by atoms with E-state index >= 15 is 0 Å². The second-order valence-electron chi connectivity index (χ2n) is 6.80. The Labute approximate surface area is 163 Å². The van der Waals surface area contributed by atoms with Gasteiger partial charge in [-0.25, -0.2) is 9.69 Å². The summed E-state index contributed by atoms with van der Waals surface area (Å²) in [7, 11) is 0. The quantitative estimate of drug-likeness (QED) is 0.635. The minimum Gasteiger partial charge on any atom is -0.494 e. The van der Waals surface area contributed by atoms with Crippen LogP contribution in [-0.4, -0.2) is 29.0 Å². The number of hydrogen-bond acceptors (Lipinski definition) is 4. The number of imide groups is 2. The summed E-state index contributed by atoms with van der Waals surface area (Å²) in [6, 6.07) is 8.00. The maximum atomic E-state index is 13.0. The van der Waals surface area contributed by atoms with Crippen LogP contribution >= 0.6 is 0 Å². The summed E-state index contributed by atoms with van der Waals surface area (Å²) in [5, 5.41) is 2.24. The fraction of sp³-hybridized carbons (Fsp3) is 0.286. The van der Waals surface area contributed by atoms with Crippen molar-refractivity contribution >= 4 is 29.6 Å². The summed E-state index contributed by atoms with van der Waals surface area (Å²) < 4.78 is 7.48. The van der Waals surface area contributed by atoms with E-state index in [9.17, 15) is 14.4 Å². The molecule has 1 aromatic carbocycles. The lowest BCUT2D eigenvalue weighted by Gasteiger charge is -2.26. The van der Waals surface area contributed by atoms with Crippen molar-refractivity contribution in [3.05, 3.63) is 53.4 Å². The van der Waals surface area contributed by atoms with Crippen LogP contribution in [-0.2, 0) is 9.59 Å². The van der Waals surface area contributed by atoms with E-state index in [1.807, 2.05) is 44.5 Å². The molecule has 4 amide bonds. The Morgan fingerprint density at radius 3 is 2.57 bits per heavy atom. The normalized spacial score (nSPS) is 16.1. The lowest BCUT2D eigenvalue weighted by Crippen LogP contribution is -2.54. The van der Waals surface area contributed by atoms with Crippen LogP contribution in [0.3, 0.4) is 0 Å². The highest BCUT2D eigenvalue weighted by Gasteiger charge is 2.37. The Morgan fingerprint density at radius 2 is 1.93 bits per heavy atom. The molecular formula is C21H23N3O4. The number of aromatic nitrogens is 1. The van der Waals surface area contributed by atoms with Crippen LogP contribution in [0.15, 0.2) is 42.1 Å². The van der Waals surface area contributed by atoms with Crippen LogP contribution < -0.4 is 15.0 Å². The Morgan fingerprint density at radius 1 is 1.18 bits per heavy atom. The highest BCUT2D eigenvalue weighted by Crippen LogP contribution is 2.26. The van der Waals surface area contributed by atoms with Crippen molar-refractivity contribution < 1.29 is 19.1 Å². The molecule has 3 rings (SSSR count). The minimum atomic E-state index is -0.781. The van der Waals surface area contributed by atoms with E-state index < -0.39 is 17.8 Å². The molecule has 1 fully saturated rings. The number of nitrogens with one attached hydrogen (secondary N) is 1. The molecule has 0 unspecified atom stereocenters. The van der Waals surface area contributed by atoms with E-state index in [-0.39, 0.29) is 11.6 Å². The summed E-state index contributed by atoms with van der Waals surface area (Å²) in [5.41, 5.74) is 1.98. The zero-order valence-corrected chi connectivity index (χ0v) is 16.4. The number of benzene rings is 1. The van der Waals surface area contributed by atoms with Crippen LogP contribution in [0.25, 0.3) is 6.08 Å². The van der Waals surface area contributed by atoms with Gasteiger partial charge in [0.1, 0.15) is 11.3 Å². The number of anilines is 1. The molecule has 28 heavy (non-hydrogen) atoms. The number of carbonyl (C=O) groups excluding carboxylic acids is 3. The summed E-state index contributed by atoms with van der Waals surface area (Å²) in [4.78, 5) is 38.6. The van der Waals surface area contributed by atoms with Gasteiger partial charge in [-0.05, 0) is 57.5 Å². The van der Waals surface area contributed by atoms with Crippen molar-refractivity contribution in [1.29, 1.82) is 0 Å². The van der Waals surface area contributed by atoms with Gasteiger partial charge in [-0.2, -0.15) is 0 Å². The average molecular weight is 381 g/mol. The summed E-state index contributed by atoms with van der Waals surface area (Å²) >= 11 is 0. The lowest BCUT2D eigenvalue weighted by molar-refractivity contribution is -0.122. The van der Waals surface area contributed by atoms with Crippen molar-refractivity contribution in [3.63, 3.8) is 0 Å². The van der Waals surface area contributed by atoms with Gasteiger partial charge in [0.2, 0.25) is 0 Å². The van der Waals surface area contributed by atoms with Crippen LogP contribution in [0.5, 0.6) is 5.75 Å². The number of rotatable bonds is 5. The Bertz CT molecular complexity index is 972. The van der Waals surface area contributed by atoms with Crippen molar-refractivity contribution in [2.75, 3.05) is 11.5 Å². The summed E-state index contributed by atoms with van der Waals surface area (Å²) in [6.07, 6.45) is 3.39. The zero-order chi connectivity index (χ0) is 20.4. The Kier molecular flexibility index (Phi) is 5.35. The number of urea groups is 1. The fourth-order valence-electron chi connectivity index (χ4n) is 3.19. The number of hydrogen-bond donors (Lipinski definition) is 1. The van der Waals surface area contributed by atoms with Gasteiger partial charge in [0, 0.05) is 24.0 Å². The molecule has 0 atom stereocenters. The number of carbonyl (C=O) groups is 3. The molecule has 7 heteroatoms. The summed E-state index contributed by atoms with van der Waals surface area (Å²) in [6.45, 7) is 8.36. The van der Waals surface area contributed by atoms with Gasteiger partial charge >= 0.3 is 6.03 Å². The molecule has 1 N–H and O–H groups in total. The van der Waals surface area contributed by atoms with Gasteiger partial charge < -0.3 is 9.30 Å². The molecule has 0 saturated carbocycles. The highest BCUT2D eigenvalue weighted by molar-refractivity contribution is 6.39. The van der Waals surface area contributed by atoms with E-state index in [1.54, 1.807) is 24.3 Å². The standard InChI is InChI=1S/C21H23N3O4/c1-5-28-17-8-6-7-16(11-17)24-20(26)18(19(25)22-21(24)27)10-15-9-14(4)23(12-15)13(2)3/h6-13H,5H2,1-4H3,(H,22,25,27)/b18-10-. The number of aryl methyl sites for hydroxylation is 1. The molecule has 0 aliphatic carbocycles. The maximum absolute atomic E-state index is 13.0. The van der Waals surface area contributed by atoms with Gasteiger partial charge in [0.05, 0.1) is 12.3 Å². The third kappa shape index (κ3) is 3.69. The number of amides is 4. The molecule has 1 aromatic heterocycles. The number of barbiturate groups is 1. The van der Waals surface area contributed by atoms with Crippen molar-refractivity contribution in [2.45, 2.75) is 33.7 Å². The predicted octanol–water partition coefficient (Wildman–Crippen LogP) is 3.44. The predicted molar refractivity (Wildman–Crippen MR) is 106 cm³/mol. The van der Waals surface area contributed by atoms with E-state index in [0.29, 0.717) is 18.0 Å². The molecule has 0 bridgehead atoms. The van der Waals surface area contributed by atoms with Crippen molar-refractivity contribution in [1.82, 2.24) is 9.88 Å². The largest absolute Gasteiger partial charge is 0.494 e. The van der Waals surface area contributed by atoms with E-state index in [2.05, 4.69) is 5.32 Å². The topological polar surface area (TPSA) is 80.6 Å². The third-order valence-electron chi connectivity index (χ3n) is 4.43. The van der Waals surface area contributed by atoms with Crippen molar-refractivity contribution in [2.24, 2.45) is 0 Å². The van der Waals surface area contributed by atoms with Gasteiger partial charge in [0.15, 0.2) is 0 Å². The zero-order valence-electron chi connectivity index (χ0n) is 16.4. The third-order valence-corrected chi connectivity index (χ3v) is 4.43. The average Bonchev–Trinajstić information content (AvgIpc) is 3.00. The van der Waals surface area contributed by atoms with E-state index in [1.165, 1.54) is 6.08 Å². The van der Waals surface area contributed by atoms with Crippen LogP contribution in [0.4, 0.5) is 10.5 Å². The molecule has 0 radical (unpaired) electrons. The van der Waals surface area contributed by atoms with Gasteiger partial charge in [-0.3, -0.25) is 14.9 Å². The molecule has 7 nitrogen and oxygen atoms in total. The monoisotopic (exact) mass is 381 g/mol. The number of nitrogens with zero attached hydrogens (tertiary/aromatic N) is 2. The SMILES string of the molecule is CCOc1cccc(N2C(=O)NC(=O)/C(=C/c3cc(C)n(C(C)C)c3)C2=O)c1. The minimum absolute atomic E-state index is 0.0951. The molecule has 146 valence electrons. The molecule has 1 aliphatic rings. The molecular weight excluding hydrogens is 358 g/mol. The molecule has 1 aliphatic heterocycles. The Balaban J connectivity index is 1.98. The van der Waals surface area contributed by atoms with Gasteiger partial charge in [-0.15, -0.1) is 0 Å². The van der Waals surface area contributed by atoms with Crippen molar-refractivity contribution in [3.8, 4) is 5.75 Å². The smallest absolute Gasteiger partial charge is 0.335 e. The van der Waals surface area contributed by atoms with Crippen LogP contribution in [0.2, 0.25) is 0 Å². The lowest BCUT2D eigenvalue weighted by atomic mass is 10.1. The Hall–Kier alpha value is -3.35. The first-order valence-corrected chi connectivity index (χ1v) is 9.14. The highest BCUT2D eigenvalue weighted by atomic mass is 16.5. The maximum Gasteiger partial charge on any atom is 0.335 e. The van der Waals surface area contributed by atoms with E-state index in [4.69, 9.17) is 4.74 Å². The molecule has 2 heterocycles. The first-order chi connectivity index (χ1) is 13.3. The second kappa shape index (κ2) is 7.72. The van der Waals surface area contributed by atoms with Crippen LogP contribution in [0, 0.1) is 6.92 Å². The number of ether oxygens (including phenoxy) is 1. The van der Waals surface area contributed by atoms with Gasteiger partial charge in [-0.1, -0.05) is 6.07 Å². The summed E-state index contributed by atoms with van der Waals surface area (Å²) in [5.74, 6) is -0.841. The molecule has 2 aromatic rings. The van der Waals surface area contributed by atoms with E-state index in [0.717, 1.165) is 16.2 Å². The molecule has 0 spiro atoms. The first-order valence-electron chi connectivity index (χ1n) is 9.14. The molecule has 1 saturated heterocycles. The fourth-order valence-corrected chi connectivity index (χ4v) is 3.19. The first kappa shape index (κ1) is 19.4. The van der Waals surface area contributed by atoms with Crippen LogP contribution in [0.1, 0.15) is 38.1 Å². The van der Waals surface area contributed by atoms with Gasteiger partial charge in [0.25, 0.3) is 11.8 Å². The second-order valence-corrected chi connectivity index (χ2v) is 6.80.